The van der Waals surface area contributed by atoms with Crippen molar-refractivity contribution in [1.82, 2.24) is 5.32 Å². The van der Waals surface area contributed by atoms with E-state index < -0.39 is 5.92 Å². The molecule has 0 aliphatic carbocycles. The fraction of sp³-hybridized carbons (Fsp3) is 0.300. The Labute approximate surface area is 155 Å². The van der Waals surface area contributed by atoms with Gasteiger partial charge in [-0.15, -0.1) is 0 Å². The number of anilines is 1. The average Bonchev–Trinajstić information content (AvgIpc) is 3.09. The van der Waals surface area contributed by atoms with Gasteiger partial charge in [-0.3, -0.25) is 9.59 Å². The number of nitrogens with zero attached hydrogens (tertiary/aromatic N) is 1. The third-order valence-electron chi connectivity index (χ3n) is 4.71. The average molecular weight is 370 g/mol. The van der Waals surface area contributed by atoms with Gasteiger partial charge < -0.3 is 19.7 Å². The van der Waals surface area contributed by atoms with Crippen LogP contribution < -0.4 is 19.7 Å². The Morgan fingerprint density at radius 2 is 1.85 bits per heavy atom. The molecule has 0 aromatic heterocycles. The monoisotopic (exact) mass is 370 g/mol. The zero-order valence-corrected chi connectivity index (χ0v) is 14.6. The van der Waals surface area contributed by atoms with Crippen LogP contribution in [0.3, 0.4) is 0 Å². The zero-order chi connectivity index (χ0) is 18.8. The van der Waals surface area contributed by atoms with E-state index in [9.17, 15) is 14.0 Å². The van der Waals surface area contributed by atoms with Gasteiger partial charge in [-0.1, -0.05) is 12.1 Å². The molecular weight excluding hydrogens is 351 g/mol. The highest BCUT2D eigenvalue weighted by atomic mass is 19.1. The van der Waals surface area contributed by atoms with E-state index in [-0.39, 0.29) is 24.1 Å². The van der Waals surface area contributed by atoms with Crippen LogP contribution in [0, 0.1) is 11.7 Å². The number of carbonyl (C=O) groups excluding carboxylic acids is 2. The highest BCUT2D eigenvalue weighted by Gasteiger charge is 2.35. The molecule has 0 bridgehead atoms. The van der Waals surface area contributed by atoms with Gasteiger partial charge in [0.2, 0.25) is 11.8 Å². The second-order valence-corrected chi connectivity index (χ2v) is 6.58. The predicted molar refractivity (Wildman–Crippen MR) is 96.1 cm³/mol. The maximum atomic E-state index is 12.9. The smallest absolute Gasteiger partial charge is 0.227 e. The van der Waals surface area contributed by atoms with E-state index in [2.05, 4.69) is 5.32 Å². The van der Waals surface area contributed by atoms with Crippen LogP contribution in [-0.2, 0) is 16.1 Å². The molecule has 0 radical (unpaired) electrons. The number of hydrogen-bond donors (Lipinski definition) is 1. The molecule has 2 aliphatic heterocycles. The van der Waals surface area contributed by atoms with E-state index in [1.54, 1.807) is 35.2 Å². The summed E-state index contributed by atoms with van der Waals surface area (Å²) in [5, 5.41) is 2.82. The topological polar surface area (TPSA) is 67.9 Å². The minimum atomic E-state index is -0.425. The summed E-state index contributed by atoms with van der Waals surface area (Å²) >= 11 is 0. The number of hydrogen-bond acceptors (Lipinski definition) is 4. The molecule has 1 saturated heterocycles. The first-order valence-electron chi connectivity index (χ1n) is 8.82. The molecule has 2 aromatic carbocycles. The molecule has 4 rings (SSSR count). The van der Waals surface area contributed by atoms with Crippen LogP contribution in [0.4, 0.5) is 10.1 Å². The highest BCUT2D eigenvalue weighted by molar-refractivity contribution is 6.00. The van der Waals surface area contributed by atoms with Gasteiger partial charge in [-0.25, -0.2) is 4.39 Å². The molecule has 7 heteroatoms. The van der Waals surface area contributed by atoms with Crippen molar-refractivity contribution >= 4 is 17.5 Å². The molecule has 1 atom stereocenters. The molecular formula is C20H19FN2O4. The van der Waals surface area contributed by atoms with Gasteiger partial charge in [0.25, 0.3) is 0 Å². The molecule has 0 unspecified atom stereocenters. The molecule has 2 aliphatic rings. The Hall–Kier alpha value is -3.09. The van der Waals surface area contributed by atoms with Gasteiger partial charge in [0, 0.05) is 31.3 Å². The van der Waals surface area contributed by atoms with E-state index in [1.807, 2.05) is 0 Å². The SMILES string of the molecule is O=C(NCc1ccc(F)cc1)[C@H]1CC(=O)N(c2ccc3c(c2)OCCO3)C1. The summed E-state index contributed by atoms with van der Waals surface area (Å²) in [4.78, 5) is 26.4. The Morgan fingerprint density at radius 3 is 2.63 bits per heavy atom. The minimum absolute atomic E-state index is 0.103. The first-order valence-corrected chi connectivity index (χ1v) is 8.82. The van der Waals surface area contributed by atoms with Crippen molar-refractivity contribution in [2.75, 3.05) is 24.7 Å². The summed E-state index contributed by atoms with van der Waals surface area (Å²) in [7, 11) is 0. The van der Waals surface area contributed by atoms with Crippen LogP contribution in [0.1, 0.15) is 12.0 Å². The first kappa shape index (κ1) is 17.3. The fourth-order valence-corrected chi connectivity index (χ4v) is 3.27. The van der Waals surface area contributed by atoms with Gasteiger partial charge in [0.05, 0.1) is 5.92 Å². The van der Waals surface area contributed by atoms with Crippen LogP contribution in [0.25, 0.3) is 0 Å². The van der Waals surface area contributed by atoms with Crippen molar-refractivity contribution in [3.63, 3.8) is 0 Å². The normalized spacial score (nSPS) is 18.5. The molecule has 0 spiro atoms. The Bertz CT molecular complexity index is 869. The van der Waals surface area contributed by atoms with Crippen molar-refractivity contribution in [2.45, 2.75) is 13.0 Å². The number of amides is 2. The highest BCUT2D eigenvalue weighted by Crippen LogP contribution is 2.35. The maximum absolute atomic E-state index is 12.9. The molecule has 1 N–H and O–H groups in total. The number of ether oxygens (including phenoxy) is 2. The van der Waals surface area contributed by atoms with Crippen LogP contribution in [0.2, 0.25) is 0 Å². The third kappa shape index (κ3) is 3.72. The fourth-order valence-electron chi connectivity index (χ4n) is 3.27. The molecule has 2 amide bonds. The number of halogens is 1. The minimum Gasteiger partial charge on any atom is -0.486 e. The van der Waals surface area contributed by atoms with Crippen LogP contribution in [-0.4, -0.2) is 31.6 Å². The van der Waals surface area contributed by atoms with Crippen LogP contribution >= 0.6 is 0 Å². The van der Waals surface area contributed by atoms with Crippen LogP contribution in [0.5, 0.6) is 11.5 Å². The molecule has 1 fully saturated rings. The molecule has 27 heavy (non-hydrogen) atoms. The van der Waals surface area contributed by atoms with Crippen molar-refractivity contribution < 1.29 is 23.5 Å². The van der Waals surface area contributed by atoms with Crippen molar-refractivity contribution in [3.05, 3.63) is 53.8 Å². The summed E-state index contributed by atoms with van der Waals surface area (Å²) in [6, 6.07) is 11.3. The number of fused-ring (bicyclic) bond motifs is 1. The second kappa shape index (κ2) is 7.26. The van der Waals surface area contributed by atoms with Gasteiger partial charge in [0.1, 0.15) is 19.0 Å². The van der Waals surface area contributed by atoms with Gasteiger partial charge in [0.15, 0.2) is 11.5 Å². The van der Waals surface area contributed by atoms with E-state index in [0.717, 1.165) is 5.56 Å². The summed E-state index contributed by atoms with van der Waals surface area (Å²) in [5.41, 5.74) is 1.50. The molecule has 140 valence electrons. The van der Waals surface area contributed by atoms with E-state index >= 15 is 0 Å². The first-order chi connectivity index (χ1) is 13.1. The summed E-state index contributed by atoms with van der Waals surface area (Å²) in [6.07, 6.45) is 0.156. The van der Waals surface area contributed by atoms with Crippen LogP contribution in [0.15, 0.2) is 42.5 Å². The molecule has 2 heterocycles. The lowest BCUT2D eigenvalue weighted by atomic mass is 10.1. The maximum Gasteiger partial charge on any atom is 0.227 e. The Kier molecular flexibility index (Phi) is 4.66. The Morgan fingerprint density at radius 1 is 1.11 bits per heavy atom. The van der Waals surface area contributed by atoms with Crippen molar-refractivity contribution in [3.8, 4) is 11.5 Å². The summed E-state index contributed by atoms with van der Waals surface area (Å²) in [5.74, 6) is 0.231. The van der Waals surface area contributed by atoms with E-state index in [0.29, 0.717) is 43.5 Å². The lowest BCUT2D eigenvalue weighted by Gasteiger charge is -2.22. The van der Waals surface area contributed by atoms with E-state index in [4.69, 9.17) is 9.47 Å². The van der Waals surface area contributed by atoms with Crippen molar-refractivity contribution in [1.29, 1.82) is 0 Å². The van der Waals surface area contributed by atoms with Gasteiger partial charge >= 0.3 is 0 Å². The second-order valence-electron chi connectivity index (χ2n) is 6.58. The number of nitrogens with one attached hydrogen (secondary N) is 1. The third-order valence-corrected chi connectivity index (χ3v) is 4.71. The zero-order valence-electron chi connectivity index (χ0n) is 14.6. The summed E-state index contributed by atoms with van der Waals surface area (Å²) < 4.78 is 24.0. The largest absolute Gasteiger partial charge is 0.486 e. The molecule has 0 saturated carbocycles. The lowest BCUT2D eigenvalue weighted by molar-refractivity contribution is -0.126. The number of benzene rings is 2. The van der Waals surface area contributed by atoms with Gasteiger partial charge in [-0.2, -0.15) is 0 Å². The number of carbonyl (C=O) groups is 2. The Balaban J connectivity index is 1.39. The molecule has 6 nitrogen and oxygen atoms in total. The van der Waals surface area contributed by atoms with Gasteiger partial charge in [-0.05, 0) is 29.8 Å². The van der Waals surface area contributed by atoms with E-state index in [1.165, 1.54) is 12.1 Å². The quantitative estimate of drug-likeness (QED) is 0.897. The number of rotatable bonds is 4. The van der Waals surface area contributed by atoms with Crippen molar-refractivity contribution in [2.24, 2.45) is 5.92 Å². The predicted octanol–water partition coefficient (Wildman–Crippen LogP) is 2.27. The standard InChI is InChI=1S/C20H19FN2O4/c21-15-3-1-13(2-4-15)11-22-20(25)14-9-19(24)23(12-14)16-5-6-17-18(10-16)27-8-7-26-17/h1-6,10,14H,7-9,11-12H2,(H,22,25)/t14-/m0/s1. The molecule has 2 aromatic rings. The lowest BCUT2D eigenvalue weighted by Crippen LogP contribution is -2.32. The summed E-state index contributed by atoms with van der Waals surface area (Å²) in [6.45, 7) is 1.59.